The molecule has 0 saturated carbocycles. The fourth-order valence-electron chi connectivity index (χ4n) is 1.47. The summed E-state index contributed by atoms with van der Waals surface area (Å²) < 4.78 is 0.992. The summed E-state index contributed by atoms with van der Waals surface area (Å²) in [5.74, 6) is 0.648. The first-order chi connectivity index (χ1) is 9.54. The topological polar surface area (TPSA) is 68.0 Å². The predicted octanol–water partition coefficient (Wildman–Crippen LogP) is 3.81. The third-order valence-electron chi connectivity index (χ3n) is 2.43. The Kier molecular flexibility index (Phi) is 5.28. The average Bonchev–Trinajstić information content (AvgIpc) is 2.80. The molecule has 0 radical (unpaired) electrons. The van der Waals surface area contributed by atoms with Crippen molar-refractivity contribution in [3.63, 3.8) is 0 Å². The van der Waals surface area contributed by atoms with E-state index in [0.29, 0.717) is 28.6 Å². The number of nitrogens with two attached hydrogens (primary N) is 1. The molecular formula is C13H14ClN3OS2. The highest BCUT2D eigenvalue weighted by atomic mass is 35.5. The molecule has 0 aliphatic carbocycles. The number of rotatable bonds is 5. The van der Waals surface area contributed by atoms with E-state index in [-0.39, 0.29) is 5.91 Å². The maximum absolute atomic E-state index is 11.8. The van der Waals surface area contributed by atoms with Crippen molar-refractivity contribution >= 4 is 52.0 Å². The number of carbonyl (C=O) groups is 1. The molecule has 0 aliphatic rings. The number of halogens is 1. The maximum atomic E-state index is 11.8. The highest BCUT2D eigenvalue weighted by Crippen LogP contribution is 2.24. The zero-order valence-corrected chi connectivity index (χ0v) is 13.2. The summed E-state index contributed by atoms with van der Waals surface area (Å²) >= 11 is 9.01. The van der Waals surface area contributed by atoms with Gasteiger partial charge in [-0.1, -0.05) is 23.4 Å². The summed E-state index contributed by atoms with van der Waals surface area (Å²) in [5.41, 5.74) is 7.81. The van der Waals surface area contributed by atoms with Crippen molar-refractivity contribution < 1.29 is 4.79 Å². The van der Waals surface area contributed by atoms with Gasteiger partial charge in [0.2, 0.25) is 5.91 Å². The number of thiazole rings is 1. The standard InChI is InChI=1S/C13H14ClN3OS2/c1-8-7-20-13(16-8)19-5-4-12(18)17-9-2-3-10(14)11(15)6-9/h2-3,6-7H,4-5,15H2,1H3,(H,17,18). The van der Waals surface area contributed by atoms with Crippen LogP contribution in [0.4, 0.5) is 11.4 Å². The Bertz CT molecular complexity index is 615. The summed E-state index contributed by atoms with van der Waals surface area (Å²) in [5, 5.41) is 5.28. The van der Waals surface area contributed by atoms with Crippen molar-refractivity contribution in [2.24, 2.45) is 0 Å². The Hall–Kier alpha value is -1.24. The third kappa shape index (κ3) is 4.40. The van der Waals surface area contributed by atoms with Crippen LogP contribution in [0.5, 0.6) is 0 Å². The number of hydrogen-bond acceptors (Lipinski definition) is 5. The van der Waals surface area contributed by atoms with E-state index in [2.05, 4.69) is 10.3 Å². The molecule has 106 valence electrons. The Balaban J connectivity index is 1.79. The lowest BCUT2D eigenvalue weighted by Crippen LogP contribution is -2.12. The molecule has 3 N–H and O–H groups in total. The Morgan fingerprint density at radius 3 is 3.00 bits per heavy atom. The van der Waals surface area contributed by atoms with Gasteiger partial charge in [0.1, 0.15) is 4.34 Å². The highest BCUT2D eigenvalue weighted by Gasteiger charge is 2.06. The SMILES string of the molecule is Cc1csc(SCCC(=O)Nc2ccc(Cl)c(N)c2)n1. The van der Waals surface area contributed by atoms with Gasteiger partial charge in [0.05, 0.1) is 10.7 Å². The number of amides is 1. The average molecular weight is 328 g/mol. The zero-order chi connectivity index (χ0) is 14.5. The van der Waals surface area contributed by atoms with Crippen molar-refractivity contribution in [1.82, 2.24) is 4.98 Å². The van der Waals surface area contributed by atoms with Crippen molar-refractivity contribution in [2.45, 2.75) is 17.7 Å². The van der Waals surface area contributed by atoms with Gasteiger partial charge in [-0.3, -0.25) is 4.79 Å². The molecule has 7 heteroatoms. The minimum absolute atomic E-state index is 0.0486. The van der Waals surface area contributed by atoms with Crippen molar-refractivity contribution in [1.29, 1.82) is 0 Å². The van der Waals surface area contributed by atoms with Crippen molar-refractivity contribution in [3.05, 3.63) is 34.3 Å². The number of aryl methyl sites for hydroxylation is 1. The van der Waals surface area contributed by atoms with Crippen LogP contribution in [0.15, 0.2) is 27.9 Å². The molecule has 4 nitrogen and oxygen atoms in total. The van der Waals surface area contributed by atoms with Gasteiger partial charge < -0.3 is 11.1 Å². The first-order valence-corrected chi connectivity index (χ1v) is 8.19. The molecule has 0 atom stereocenters. The minimum Gasteiger partial charge on any atom is -0.397 e. The van der Waals surface area contributed by atoms with E-state index in [4.69, 9.17) is 17.3 Å². The third-order valence-corrected chi connectivity index (χ3v) is 4.92. The molecule has 0 fully saturated rings. The molecule has 1 heterocycles. The van der Waals surface area contributed by atoms with Gasteiger partial charge in [0, 0.05) is 28.9 Å². The second-order valence-corrected chi connectivity index (χ2v) is 6.75. The number of thioether (sulfide) groups is 1. The summed E-state index contributed by atoms with van der Waals surface area (Å²) in [6.07, 6.45) is 0.422. The molecule has 1 aromatic heterocycles. The highest BCUT2D eigenvalue weighted by molar-refractivity contribution is 8.01. The van der Waals surface area contributed by atoms with Crippen LogP contribution in [0.2, 0.25) is 5.02 Å². The molecule has 0 aliphatic heterocycles. The van der Waals surface area contributed by atoms with Gasteiger partial charge in [-0.15, -0.1) is 11.3 Å². The lowest BCUT2D eigenvalue weighted by atomic mass is 10.2. The van der Waals surface area contributed by atoms with Crippen LogP contribution in [0.25, 0.3) is 0 Å². The van der Waals surface area contributed by atoms with E-state index in [9.17, 15) is 4.79 Å². The summed E-state index contributed by atoms with van der Waals surface area (Å²) in [7, 11) is 0. The number of carbonyl (C=O) groups excluding carboxylic acids is 1. The lowest BCUT2D eigenvalue weighted by Gasteiger charge is -2.06. The number of nitrogens with zero attached hydrogens (tertiary/aromatic N) is 1. The quantitative estimate of drug-likeness (QED) is 0.647. The Morgan fingerprint density at radius 2 is 2.35 bits per heavy atom. The number of hydrogen-bond donors (Lipinski definition) is 2. The van der Waals surface area contributed by atoms with Crippen LogP contribution in [0.1, 0.15) is 12.1 Å². The van der Waals surface area contributed by atoms with E-state index in [1.54, 1.807) is 41.3 Å². The fraction of sp³-hybridized carbons (Fsp3) is 0.231. The summed E-state index contributed by atoms with van der Waals surface area (Å²) in [6, 6.07) is 5.05. The van der Waals surface area contributed by atoms with Gasteiger partial charge in [-0.25, -0.2) is 4.98 Å². The second-order valence-electron chi connectivity index (χ2n) is 4.14. The number of benzene rings is 1. The molecule has 20 heavy (non-hydrogen) atoms. The van der Waals surface area contributed by atoms with Crippen LogP contribution < -0.4 is 11.1 Å². The van der Waals surface area contributed by atoms with Gasteiger partial charge >= 0.3 is 0 Å². The van der Waals surface area contributed by atoms with Crippen LogP contribution >= 0.6 is 34.7 Å². The van der Waals surface area contributed by atoms with E-state index in [1.807, 2.05) is 12.3 Å². The van der Waals surface area contributed by atoms with Gasteiger partial charge in [-0.2, -0.15) is 0 Å². The molecular weight excluding hydrogens is 314 g/mol. The molecule has 2 rings (SSSR count). The number of nitrogen functional groups attached to an aromatic ring is 1. The zero-order valence-electron chi connectivity index (χ0n) is 10.9. The second kappa shape index (κ2) is 6.97. The number of anilines is 2. The van der Waals surface area contributed by atoms with Crippen LogP contribution in [-0.4, -0.2) is 16.6 Å². The number of nitrogens with one attached hydrogen (secondary N) is 1. The van der Waals surface area contributed by atoms with Crippen LogP contribution in [0, 0.1) is 6.92 Å². The monoisotopic (exact) mass is 327 g/mol. The molecule has 1 aromatic carbocycles. The van der Waals surface area contributed by atoms with Crippen molar-refractivity contribution in [2.75, 3.05) is 16.8 Å². The Labute approximate surface area is 130 Å². The molecule has 0 bridgehead atoms. The first-order valence-electron chi connectivity index (χ1n) is 5.94. The maximum Gasteiger partial charge on any atom is 0.225 e. The molecule has 0 unspecified atom stereocenters. The lowest BCUT2D eigenvalue weighted by molar-refractivity contribution is -0.115. The molecule has 2 aromatic rings. The van der Waals surface area contributed by atoms with Gasteiger partial charge in [-0.05, 0) is 25.1 Å². The van der Waals surface area contributed by atoms with Crippen LogP contribution in [0.3, 0.4) is 0 Å². The van der Waals surface area contributed by atoms with E-state index < -0.39 is 0 Å². The smallest absolute Gasteiger partial charge is 0.225 e. The van der Waals surface area contributed by atoms with Crippen LogP contribution in [-0.2, 0) is 4.79 Å². The summed E-state index contributed by atoms with van der Waals surface area (Å²) in [6.45, 7) is 1.96. The van der Waals surface area contributed by atoms with E-state index in [1.165, 1.54) is 0 Å². The van der Waals surface area contributed by atoms with Gasteiger partial charge in [0.15, 0.2) is 0 Å². The van der Waals surface area contributed by atoms with E-state index in [0.717, 1.165) is 10.0 Å². The first kappa shape index (κ1) is 15.2. The molecule has 0 spiro atoms. The fourth-order valence-corrected chi connectivity index (χ4v) is 3.45. The largest absolute Gasteiger partial charge is 0.397 e. The Morgan fingerprint density at radius 1 is 1.55 bits per heavy atom. The molecule has 0 saturated heterocycles. The normalized spacial score (nSPS) is 10.5. The van der Waals surface area contributed by atoms with E-state index >= 15 is 0 Å². The summed E-state index contributed by atoms with van der Waals surface area (Å²) in [4.78, 5) is 16.1. The van der Waals surface area contributed by atoms with Crippen molar-refractivity contribution in [3.8, 4) is 0 Å². The number of aromatic nitrogens is 1. The minimum atomic E-state index is -0.0486. The van der Waals surface area contributed by atoms with Gasteiger partial charge in [0.25, 0.3) is 0 Å². The predicted molar refractivity (Wildman–Crippen MR) is 86.7 cm³/mol. The molecule has 1 amide bonds.